The van der Waals surface area contributed by atoms with Crippen molar-refractivity contribution >= 4 is 22.0 Å². The van der Waals surface area contributed by atoms with E-state index in [9.17, 15) is 13.6 Å². The van der Waals surface area contributed by atoms with Crippen LogP contribution < -0.4 is 4.74 Å². The smallest absolute Gasteiger partial charge is 0.235 e. The first-order chi connectivity index (χ1) is 8.05. The molecule has 6 heteroatoms. The highest BCUT2D eigenvalue weighted by molar-refractivity contribution is 9.10. The summed E-state index contributed by atoms with van der Waals surface area (Å²) in [6, 6.07) is 1.07. The van der Waals surface area contributed by atoms with Crippen LogP contribution in [0.15, 0.2) is 15.5 Å². The molecule has 0 aliphatic heterocycles. The van der Waals surface area contributed by atoms with Gasteiger partial charge in [-0.15, -0.1) is 0 Å². The summed E-state index contributed by atoms with van der Waals surface area (Å²) < 4.78 is 32.7. The zero-order valence-electron chi connectivity index (χ0n) is 8.89. The van der Waals surface area contributed by atoms with E-state index in [1.165, 1.54) is 13.2 Å². The second-order valence-corrected chi connectivity index (χ2v) is 4.59. The van der Waals surface area contributed by atoms with Crippen LogP contribution in [0.3, 0.4) is 0 Å². The molecule has 0 aromatic heterocycles. The first kappa shape index (κ1) is 12.2. The Morgan fingerprint density at radius 2 is 2.18 bits per heavy atom. The molecule has 17 heavy (non-hydrogen) atoms. The van der Waals surface area contributed by atoms with Gasteiger partial charge in [0.15, 0.2) is 0 Å². The van der Waals surface area contributed by atoms with Crippen LogP contribution in [-0.2, 0) is 10.3 Å². The van der Waals surface area contributed by atoms with Crippen molar-refractivity contribution in [3.05, 3.63) is 27.7 Å². The molecule has 1 aliphatic carbocycles. The number of isocyanates is 1. The van der Waals surface area contributed by atoms with Crippen molar-refractivity contribution < 1.29 is 18.3 Å². The van der Waals surface area contributed by atoms with E-state index in [4.69, 9.17) is 4.74 Å². The number of ether oxygens (including phenoxy) is 1. The highest BCUT2D eigenvalue weighted by Gasteiger charge is 2.49. The minimum absolute atomic E-state index is 0.0313. The lowest BCUT2D eigenvalue weighted by atomic mass is 10.0. The summed E-state index contributed by atoms with van der Waals surface area (Å²) in [5, 5.41) is 0. The molecular formula is C11H8BrF2NO2. The van der Waals surface area contributed by atoms with Gasteiger partial charge in [0.1, 0.15) is 22.9 Å². The van der Waals surface area contributed by atoms with Crippen LogP contribution >= 0.6 is 15.9 Å². The third kappa shape index (κ3) is 1.87. The van der Waals surface area contributed by atoms with Crippen LogP contribution in [0.1, 0.15) is 18.4 Å². The summed E-state index contributed by atoms with van der Waals surface area (Å²) in [6.07, 6.45) is 2.25. The minimum Gasteiger partial charge on any atom is -0.495 e. The number of carbonyl (C=O) groups excluding carboxylic acids is 1. The zero-order chi connectivity index (χ0) is 12.6. The van der Waals surface area contributed by atoms with Gasteiger partial charge in [-0.2, -0.15) is 4.99 Å². The fourth-order valence-corrected chi connectivity index (χ4v) is 2.25. The lowest BCUT2D eigenvalue weighted by Crippen LogP contribution is -2.10. The quantitative estimate of drug-likeness (QED) is 0.489. The fourth-order valence-electron chi connectivity index (χ4n) is 1.77. The maximum atomic E-state index is 14.0. The van der Waals surface area contributed by atoms with E-state index in [0.717, 1.165) is 6.07 Å². The predicted molar refractivity (Wildman–Crippen MR) is 59.6 cm³/mol. The Balaban J connectivity index is 2.63. The van der Waals surface area contributed by atoms with E-state index in [2.05, 4.69) is 20.9 Å². The van der Waals surface area contributed by atoms with Crippen LogP contribution in [0.25, 0.3) is 0 Å². The standard InChI is InChI=1S/C11H8BrF2NO2/c1-17-7-4-6(13)8(10(14)9(7)12)11(2-3-11)15-5-16/h4H,2-3H2,1H3. The number of methoxy groups -OCH3 is 1. The number of nitrogens with zero attached hydrogens (tertiary/aromatic N) is 1. The molecule has 1 saturated carbocycles. The first-order valence-corrected chi connectivity index (χ1v) is 5.66. The largest absolute Gasteiger partial charge is 0.495 e. The highest BCUT2D eigenvalue weighted by atomic mass is 79.9. The Hall–Kier alpha value is -1.26. The number of aliphatic imine (C=N–C) groups is 1. The van der Waals surface area contributed by atoms with E-state index in [1.54, 1.807) is 0 Å². The molecule has 3 nitrogen and oxygen atoms in total. The monoisotopic (exact) mass is 303 g/mol. The summed E-state index contributed by atoms with van der Waals surface area (Å²) in [4.78, 5) is 13.8. The van der Waals surface area contributed by atoms with Gasteiger partial charge in [-0.25, -0.2) is 13.6 Å². The van der Waals surface area contributed by atoms with E-state index in [-0.39, 0.29) is 15.8 Å². The molecule has 1 aromatic carbocycles. The Morgan fingerprint density at radius 3 is 2.65 bits per heavy atom. The van der Waals surface area contributed by atoms with Crippen molar-refractivity contribution in [3.8, 4) is 5.75 Å². The third-order valence-electron chi connectivity index (χ3n) is 2.79. The van der Waals surface area contributed by atoms with Gasteiger partial charge in [-0.1, -0.05) is 0 Å². The van der Waals surface area contributed by atoms with Gasteiger partial charge in [0.25, 0.3) is 0 Å². The summed E-state index contributed by atoms with van der Waals surface area (Å²) in [5.41, 5.74) is -1.28. The van der Waals surface area contributed by atoms with Gasteiger partial charge in [0.05, 0.1) is 17.1 Å². The molecule has 0 N–H and O–H groups in total. The molecule has 2 rings (SSSR count). The lowest BCUT2D eigenvalue weighted by Gasteiger charge is -2.14. The average molecular weight is 304 g/mol. The summed E-state index contributed by atoms with van der Waals surface area (Å²) in [6.45, 7) is 0. The maximum Gasteiger partial charge on any atom is 0.235 e. The molecule has 1 aromatic rings. The van der Waals surface area contributed by atoms with Crippen molar-refractivity contribution in [2.45, 2.75) is 18.4 Å². The van der Waals surface area contributed by atoms with E-state index >= 15 is 0 Å². The Bertz CT molecular complexity index is 523. The van der Waals surface area contributed by atoms with Crippen molar-refractivity contribution in [2.75, 3.05) is 7.11 Å². The molecule has 0 amide bonds. The molecule has 0 unspecified atom stereocenters. The molecule has 0 spiro atoms. The minimum atomic E-state index is -1.08. The molecule has 90 valence electrons. The molecule has 0 atom stereocenters. The number of rotatable bonds is 3. The molecule has 1 fully saturated rings. The fraction of sp³-hybridized carbons (Fsp3) is 0.364. The normalized spacial score (nSPS) is 16.2. The second kappa shape index (κ2) is 4.20. The number of halogens is 3. The molecule has 0 radical (unpaired) electrons. The second-order valence-electron chi connectivity index (χ2n) is 3.80. The van der Waals surface area contributed by atoms with Gasteiger partial charge in [-0.3, -0.25) is 0 Å². The summed E-state index contributed by atoms with van der Waals surface area (Å²) in [5.74, 6) is -1.48. The SMILES string of the molecule is COc1cc(F)c(C2(N=C=O)CC2)c(F)c1Br. The number of hydrogen-bond acceptors (Lipinski definition) is 3. The molecule has 1 aliphatic rings. The topological polar surface area (TPSA) is 38.7 Å². The van der Waals surface area contributed by atoms with Crippen molar-refractivity contribution in [3.63, 3.8) is 0 Å². The predicted octanol–water partition coefficient (Wildman–Crippen LogP) is 3.06. The zero-order valence-corrected chi connectivity index (χ0v) is 10.5. The maximum absolute atomic E-state index is 14.0. The van der Waals surface area contributed by atoms with E-state index in [1.807, 2.05) is 0 Å². The number of benzene rings is 1. The van der Waals surface area contributed by atoms with Crippen molar-refractivity contribution in [1.29, 1.82) is 0 Å². The molecule has 0 heterocycles. The summed E-state index contributed by atoms with van der Waals surface area (Å²) in [7, 11) is 1.31. The first-order valence-electron chi connectivity index (χ1n) is 4.87. The molecule has 0 bridgehead atoms. The van der Waals surface area contributed by atoms with Gasteiger partial charge in [0, 0.05) is 6.07 Å². The average Bonchev–Trinajstić information content (AvgIpc) is 3.05. The van der Waals surface area contributed by atoms with E-state index in [0.29, 0.717) is 12.8 Å². The highest BCUT2D eigenvalue weighted by Crippen LogP contribution is 2.52. The van der Waals surface area contributed by atoms with Gasteiger partial charge in [-0.05, 0) is 28.8 Å². The van der Waals surface area contributed by atoms with Gasteiger partial charge in [0.2, 0.25) is 6.08 Å². The summed E-state index contributed by atoms with van der Waals surface area (Å²) >= 11 is 2.99. The van der Waals surface area contributed by atoms with Crippen molar-refractivity contribution in [1.82, 2.24) is 0 Å². The van der Waals surface area contributed by atoms with Crippen LogP contribution in [-0.4, -0.2) is 13.2 Å². The van der Waals surface area contributed by atoms with Gasteiger partial charge >= 0.3 is 0 Å². The Morgan fingerprint density at radius 1 is 1.53 bits per heavy atom. The van der Waals surface area contributed by atoms with Gasteiger partial charge < -0.3 is 4.74 Å². The Labute approximate surface area is 105 Å². The van der Waals surface area contributed by atoms with Crippen LogP contribution in [0.4, 0.5) is 8.78 Å². The van der Waals surface area contributed by atoms with E-state index < -0.39 is 17.2 Å². The lowest BCUT2D eigenvalue weighted by molar-refractivity contribution is 0.399. The number of hydrogen-bond donors (Lipinski definition) is 0. The van der Waals surface area contributed by atoms with Crippen LogP contribution in [0.2, 0.25) is 0 Å². The van der Waals surface area contributed by atoms with Crippen LogP contribution in [0.5, 0.6) is 5.75 Å². The molecule has 0 saturated heterocycles. The van der Waals surface area contributed by atoms with Crippen LogP contribution in [0, 0.1) is 11.6 Å². The third-order valence-corrected chi connectivity index (χ3v) is 3.53. The molecular weight excluding hydrogens is 296 g/mol. The Kier molecular flexibility index (Phi) is 3.02. The van der Waals surface area contributed by atoms with Crippen molar-refractivity contribution in [2.24, 2.45) is 4.99 Å².